The van der Waals surface area contributed by atoms with Gasteiger partial charge in [0.1, 0.15) is 0 Å². The maximum atomic E-state index is 12.2. The summed E-state index contributed by atoms with van der Waals surface area (Å²) in [5.41, 5.74) is 1.67. The van der Waals surface area contributed by atoms with Crippen LogP contribution in [0, 0.1) is 0 Å². The Labute approximate surface area is 158 Å². The lowest BCUT2D eigenvalue weighted by Crippen LogP contribution is -2.47. The number of nitrogens with zero attached hydrogens (tertiary/aromatic N) is 1. The minimum atomic E-state index is -0.925. The molecule has 0 saturated carbocycles. The Balaban J connectivity index is 1.48. The molecule has 6 nitrogen and oxygen atoms in total. The smallest absolute Gasteiger partial charge is 0.323 e. The molecule has 1 aliphatic heterocycles. The number of carbonyl (C=O) groups is 2. The Morgan fingerprint density at radius 3 is 2.85 bits per heavy atom. The average Bonchev–Trinajstić information content (AvgIpc) is 2.66. The van der Waals surface area contributed by atoms with Crippen molar-refractivity contribution in [2.24, 2.45) is 0 Å². The highest BCUT2D eigenvalue weighted by Crippen LogP contribution is 2.18. The molecule has 1 atom stereocenters. The van der Waals surface area contributed by atoms with Gasteiger partial charge in [0.2, 0.25) is 5.91 Å². The minimum Gasteiger partial charge on any atom is -0.370 e. The van der Waals surface area contributed by atoms with Crippen LogP contribution in [0.2, 0.25) is 0 Å². The first-order chi connectivity index (χ1) is 13.0. The molecule has 0 radical (unpaired) electrons. The van der Waals surface area contributed by atoms with Crippen LogP contribution >= 0.6 is 0 Å². The zero-order valence-corrected chi connectivity index (χ0v) is 15.2. The number of benzene rings is 2. The molecule has 6 heteroatoms. The zero-order chi connectivity index (χ0) is 19.2. The maximum Gasteiger partial charge on any atom is 0.323 e. The van der Waals surface area contributed by atoms with Crippen LogP contribution in [0.25, 0.3) is 10.8 Å². The summed E-state index contributed by atoms with van der Waals surface area (Å²) < 4.78 is 0. The summed E-state index contributed by atoms with van der Waals surface area (Å²) in [4.78, 5) is 25.4. The molecule has 0 aromatic heterocycles. The van der Waals surface area contributed by atoms with Crippen LogP contribution in [0.1, 0.15) is 12.5 Å². The van der Waals surface area contributed by atoms with Gasteiger partial charge in [0.15, 0.2) is 6.23 Å². The van der Waals surface area contributed by atoms with Crippen LogP contribution in [0.15, 0.2) is 66.4 Å². The van der Waals surface area contributed by atoms with Crippen LogP contribution in [0.4, 0.5) is 4.79 Å². The van der Waals surface area contributed by atoms with E-state index in [4.69, 9.17) is 0 Å². The average molecular weight is 365 g/mol. The normalized spacial score (nSPS) is 17.1. The van der Waals surface area contributed by atoms with Crippen molar-refractivity contribution < 1.29 is 14.7 Å². The van der Waals surface area contributed by atoms with Gasteiger partial charge in [-0.2, -0.15) is 0 Å². The summed E-state index contributed by atoms with van der Waals surface area (Å²) in [7, 11) is 0. The number of hydrogen-bond acceptors (Lipinski definition) is 3. The molecule has 0 bridgehead atoms. The third-order valence-electron chi connectivity index (χ3n) is 4.43. The number of nitrogens with one attached hydrogen (secondary N) is 2. The summed E-state index contributed by atoms with van der Waals surface area (Å²) in [6.45, 7) is 2.51. The third kappa shape index (κ3) is 4.74. The molecule has 1 aliphatic rings. The van der Waals surface area contributed by atoms with Gasteiger partial charge >= 0.3 is 6.03 Å². The molecular formula is C21H23N3O3. The van der Waals surface area contributed by atoms with Crippen molar-refractivity contribution in [3.05, 3.63) is 72.0 Å². The van der Waals surface area contributed by atoms with Crippen LogP contribution in [0.5, 0.6) is 0 Å². The quantitative estimate of drug-likeness (QED) is 0.687. The molecule has 3 amide bonds. The lowest BCUT2D eigenvalue weighted by atomic mass is 10.0. The van der Waals surface area contributed by atoms with Crippen LogP contribution in [-0.2, 0) is 11.2 Å². The van der Waals surface area contributed by atoms with Gasteiger partial charge < -0.3 is 15.7 Å². The van der Waals surface area contributed by atoms with Crippen LogP contribution in [0.3, 0.4) is 0 Å². The molecule has 0 spiro atoms. The van der Waals surface area contributed by atoms with E-state index in [-0.39, 0.29) is 11.9 Å². The number of urea groups is 1. The Kier molecular flexibility index (Phi) is 5.88. The van der Waals surface area contributed by atoms with E-state index in [2.05, 4.69) is 10.6 Å². The first-order valence-electron chi connectivity index (χ1n) is 8.86. The monoisotopic (exact) mass is 365 g/mol. The van der Waals surface area contributed by atoms with E-state index >= 15 is 0 Å². The number of aliphatic hydroxyl groups excluding tert-OH is 1. The Hall–Kier alpha value is -3.12. The number of fused-ring (bicyclic) bond motifs is 1. The molecule has 1 unspecified atom stereocenters. The molecule has 0 aliphatic carbocycles. The fourth-order valence-corrected chi connectivity index (χ4v) is 2.95. The van der Waals surface area contributed by atoms with Gasteiger partial charge in [-0.1, -0.05) is 54.6 Å². The van der Waals surface area contributed by atoms with Crippen molar-refractivity contribution in [1.82, 2.24) is 15.5 Å². The van der Waals surface area contributed by atoms with E-state index in [9.17, 15) is 14.7 Å². The summed E-state index contributed by atoms with van der Waals surface area (Å²) in [6, 6.07) is 13.6. The first-order valence-corrected chi connectivity index (χ1v) is 8.86. The molecule has 2 aromatic rings. The van der Waals surface area contributed by atoms with Gasteiger partial charge in [-0.05, 0) is 28.8 Å². The van der Waals surface area contributed by atoms with Gasteiger partial charge in [0.25, 0.3) is 0 Å². The maximum absolute atomic E-state index is 12.2. The van der Waals surface area contributed by atoms with E-state index < -0.39 is 6.23 Å². The summed E-state index contributed by atoms with van der Waals surface area (Å²) in [5.74, 6) is -0.0504. The number of carbonyl (C=O) groups excluding carboxylic acids is 2. The second-order valence-corrected chi connectivity index (χ2v) is 6.47. The molecule has 0 saturated heterocycles. The Morgan fingerprint density at radius 1 is 1.22 bits per heavy atom. The molecule has 3 rings (SSSR count). The SMILES string of the molecule is CC1=CN(C/C=C\CNC(=O)Cc2cccc3ccccc23)C(=O)NC1O. The second-order valence-electron chi connectivity index (χ2n) is 6.47. The van der Waals surface area contributed by atoms with Crippen LogP contribution < -0.4 is 10.6 Å². The lowest BCUT2D eigenvalue weighted by Gasteiger charge is -2.27. The van der Waals surface area contributed by atoms with Crippen molar-refractivity contribution in [3.8, 4) is 0 Å². The Bertz CT molecular complexity index is 899. The van der Waals surface area contributed by atoms with E-state index in [1.807, 2.05) is 48.5 Å². The van der Waals surface area contributed by atoms with E-state index in [1.54, 1.807) is 19.2 Å². The van der Waals surface area contributed by atoms with Gasteiger partial charge in [-0.25, -0.2) is 4.79 Å². The highest BCUT2D eigenvalue weighted by molar-refractivity contribution is 5.90. The first kappa shape index (κ1) is 18.7. The Morgan fingerprint density at radius 2 is 2.00 bits per heavy atom. The van der Waals surface area contributed by atoms with Gasteiger partial charge in [0, 0.05) is 19.3 Å². The number of rotatable bonds is 6. The summed E-state index contributed by atoms with van der Waals surface area (Å²) in [5, 5.41) is 17.1. The van der Waals surface area contributed by atoms with Gasteiger partial charge in [-0.3, -0.25) is 9.69 Å². The predicted octanol–water partition coefficient (Wildman–Crippen LogP) is 2.30. The van der Waals surface area contributed by atoms with Gasteiger partial charge in [-0.15, -0.1) is 0 Å². The molecule has 0 fully saturated rings. The van der Waals surface area contributed by atoms with Gasteiger partial charge in [0.05, 0.1) is 6.42 Å². The van der Waals surface area contributed by atoms with E-state index in [0.29, 0.717) is 25.1 Å². The molecule has 140 valence electrons. The van der Waals surface area contributed by atoms with Crippen molar-refractivity contribution in [3.63, 3.8) is 0 Å². The standard InChI is InChI=1S/C21H23N3O3/c1-15-14-24(21(27)23-20(15)26)12-5-4-11-22-19(25)13-17-9-6-8-16-7-2-3-10-18(16)17/h2-10,14,20,26H,11-13H2,1H3,(H,22,25)(H,23,27)/b5-4-. The number of amides is 3. The lowest BCUT2D eigenvalue weighted by molar-refractivity contribution is -0.120. The summed E-state index contributed by atoms with van der Waals surface area (Å²) in [6.07, 6.45) is 4.63. The molecule has 1 heterocycles. The topological polar surface area (TPSA) is 81.7 Å². The van der Waals surface area contributed by atoms with Crippen molar-refractivity contribution in [1.29, 1.82) is 0 Å². The molecule has 27 heavy (non-hydrogen) atoms. The van der Waals surface area contributed by atoms with Crippen molar-refractivity contribution in [2.75, 3.05) is 13.1 Å². The van der Waals surface area contributed by atoms with Crippen LogP contribution in [-0.4, -0.2) is 41.3 Å². The highest BCUT2D eigenvalue weighted by Gasteiger charge is 2.21. The fraction of sp³-hybridized carbons (Fsp3) is 0.238. The van der Waals surface area contributed by atoms with Crippen molar-refractivity contribution in [2.45, 2.75) is 19.6 Å². The fourth-order valence-electron chi connectivity index (χ4n) is 2.95. The molecule has 3 N–H and O–H groups in total. The number of hydrogen-bond donors (Lipinski definition) is 3. The van der Waals surface area contributed by atoms with Crippen molar-refractivity contribution >= 4 is 22.7 Å². The molecular weight excluding hydrogens is 342 g/mol. The van der Waals surface area contributed by atoms with E-state index in [1.165, 1.54) is 4.90 Å². The van der Waals surface area contributed by atoms with E-state index in [0.717, 1.165) is 16.3 Å². The third-order valence-corrected chi connectivity index (χ3v) is 4.43. The zero-order valence-electron chi connectivity index (χ0n) is 15.2. The summed E-state index contributed by atoms with van der Waals surface area (Å²) >= 11 is 0. The predicted molar refractivity (Wildman–Crippen MR) is 105 cm³/mol. The number of aliphatic hydroxyl groups is 1. The second kappa shape index (κ2) is 8.51. The molecule has 2 aromatic carbocycles. The largest absolute Gasteiger partial charge is 0.370 e. The minimum absolute atomic E-state index is 0.0504. The highest BCUT2D eigenvalue weighted by atomic mass is 16.3.